The van der Waals surface area contributed by atoms with Crippen LogP contribution >= 0.6 is 0 Å². The molecule has 34 heavy (non-hydrogen) atoms. The number of amides is 2. The van der Waals surface area contributed by atoms with Crippen molar-refractivity contribution in [3.63, 3.8) is 0 Å². The van der Waals surface area contributed by atoms with E-state index in [0.717, 1.165) is 33.6 Å². The first-order valence-corrected chi connectivity index (χ1v) is 9.41. The van der Waals surface area contributed by atoms with Gasteiger partial charge in [-0.25, -0.2) is 26.9 Å². The first kappa shape index (κ1) is 24.0. The summed E-state index contributed by atoms with van der Waals surface area (Å²) in [4.78, 5) is 21.5. The maximum Gasteiger partial charge on any atom is 0.270 e. The number of carbonyl (C=O) groups is 2. The fourth-order valence-electron chi connectivity index (χ4n) is 2.67. The molecule has 176 valence electrons. The van der Waals surface area contributed by atoms with Gasteiger partial charge in [-0.3, -0.25) is 9.59 Å². The van der Waals surface area contributed by atoms with Crippen LogP contribution in [0.5, 0.6) is 0 Å². The molecule has 0 spiro atoms. The lowest BCUT2D eigenvalue weighted by Crippen LogP contribution is -2.11. The van der Waals surface area contributed by atoms with Crippen LogP contribution in [0.4, 0.5) is 17.6 Å². The molecule has 4 N–H and O–H groups in total. The summed E-state index contributed by atoms with van der Waals surface area (Å²) in [5, 5.41) is 14.0. The Kier molecular flexibility index (Phi) is 7.30. The highest BCUT2D eigenvalue weighted by Gasteiger charge is 2.13. The quantitative estimate of drug-likeness (QED) is 0.402. The third-order valence-electron chi connectivity index (χ3n) is 4.35. The zero-order chi connectivity index (χ0) is 24.8. The minimum Gasteiger partial charge on any atom is -0.364 e. The van der Waals surface area contributed by atoms with Crippen LogP contribution in [0.25, 0.3) is 0 Å². The number of carbonyl (C=O) groups excluding carboxylic acids is 2. The molecule has 14 heteroatoms. The van der Waals surface area contributed by atoms with Gasteiger partial charge in [-0.2, -0.15) is 0 Å². The molecule has 2 aromatic carbocycles. The van der Waals surface area contributed by atoms with Gasteiger partial charge < -0.3 is 11.5 Å². The Morgan fingerprint density at radius 1 is 0.676 bits per heavy atom. The summed E-state index contributed by atoms with van der Waals surface area (Å²) in [5.74, 6) is -4.21. The van der Waals surface area contributed by atoms with Gasteiger partial charge in [-0.1, -0.05) is 22.6 Å². The number of hydrogen-bond donors (Lipinski definition) is 2. The highest BCUT2D eigenvalue weighted by Crippen LogP contribution is 2.14. The summed E-state index contributed by atoms with van der Waals surface area (Å²) >= 11 is 0. The van der Waals surface area contributed by atoms with Crippen LogP contribution in [0.15, 0.2) is 48.8 Å². The van der Waals surface area contributed by atoms with Gasteiger partial charge in [0, 0.05) is 11.1 Å². The molecule has 0 atom stereocenters. The van der Waals surface area contributed by atoms with Crippen LogP contribution in [0.3, 0.4) is 0 Å². The maximum atomic E-state index is 13.3. The highest BCUT2D eigenvalue weighted by molar-refractivity contribution is 5.90. The summed E-state index contributed by atoms with van der Waals surface area (Å²) in [5.41, 5.74) is 9.56. The molecule has 0 fully saturated rings. The van der Waals surface area contributed by atoms with E-state index in [1.165, 1.54) is 24.5 Å². The summed E-state index contributed by atoms with van der Waals surface area (Å²) < 4.78 is 55.5. The van der Waals surface area contributed by atoms with Crippen molar-refractivity contribution in [3.8, 4) is 0 Å². The third-order valence-corrected chi connectivity index (χ3v) is 4.35. The molecule has 4 aromatic rings. The van der Waals surface area contributed by atoms with Gasteiger partial charge >= 0.3 is 0 Å². The number of benzene rings is 2. The molecule has 2 aromatic heterocycles. The third kappa shape index (κ3) is 5.79. The van der Waals surface area contributed by atoms with Gasteiger partial charge in [0.1, 0.15) is 23.3 Å². The smallest absolute Gasteiger partial charge is 0.270 e. The van der Waals surface area contributed by atoms with E-state index in [9.17, 15) is 27.2 Å². The van der Waals surface area contributed by atoms with Crippen LogP contribution in [0.2, 0.25) is 0 Å². The summed E-state index contributed by atoms with van der Waals surface area (Å²) in [6.45, 7) is -0.308. The molecule has 2 amide bonds. The first-order valence-electron chi connectivity index (χ1n) is 9.41. The summed E-state index contributed by atoms with van der Waals surface area (Å²) in [6.07, 6.45) is 2.46. The van der Waals surface area contributed by atoms with E-state index in [1.54, 1.807) is 0 Å². The van der Waals surface area contributed by atoms with Gasteiger partial charge in [0.25, 0.3) is 11.8 Å². The number of primary amides is 2. The van der Waals surface area contributed by atoms with E-state index in [-0.39, 0.29) is 35.6 Å². The normalized spacial score (nSPS) is 10.5. The number of hydrogen-bond acceptors (Lipinski definition) is 6. The van der Waals surface area contributed by atoms with Crippen molar-refractivity contribution >= 4 is 11.8 Å². The fraction of sp³-hybridized carbons (Fsp3) is 0.100. The van der Waals surface area contributed by atoms with E-state index in [1.807, 2.05) is 0 Å². The van der Waals surface area contributed by atoms with E-state index < -0.39 is 35.1 Å². The Morgan fingerprint density at radius 3 is 1.26 bits per heavy atom. The summed E-state index contributed by atoms with van der Waals surface area (Å²) in [7, 11) is 0. The Morgan fingerprint density at radius 2 is 1.00 bits per heavy atom. The van der Waals surface area contributed by atoms with Crippen molar-refractivity contribution in [2.75, 3.05) is 0 Å². The monoisotopic (exact) mass is 476 g/mol. The van der Waals surface area contributed by atoms with Crippen molar-refractivity contribution in [1.82, 2.24) is 30.0 Å². The average Bonchev–Trinajstić information content (AvgIpc) is 3.44. The number of aromatic nitrogens is 6. The predicted octanol–water partition coefficient (Wildman–Crippen LogP) is 1.41. The average molecular weight is 476 g/mol. The molecular formula is C20H16F4N8O2. The molecule has 4 rings (SSSR count). The predicted molar refractivity (Wildman–Crippen MR) is 108 cm³/mol. The number of nitrogens with zero attached hydrogens (tertiary/aromatic N) is 6. The molecule has 0 aliphatic heterocycles. The standard InChI is InChI=1S/2C10H8F2N4O/c2*11-7-2-1-3-8(12)6(7)4-16-5-9(10(13)17)14-15-16/h2*1-3,5H,4H2,(H2,13,17). The maximum absolute atomic E-state index is 13.3. The van der Waals surface area contributed by atoms with Crippen LogP contribution in [-0.4, -0.2) is 41.8 Å². The number of halogens is 4. The van der Waals surface area contributed by atoms with E-state index in [4.69, 9.17) is 11.5 Å². The lowest BCUT2D eigenvalue weighted by atomic mass is 10.2. The molecule has 0 saturated heterocycles. The van der Waals surface area contributed by atoms with Crippen molar-refractivity contribution in [2.24, 2.45) is 11.5 Å². The van der Waals surface area contributed by atoms with Crippen molar-refractivity contribution < 1.29 is 27.2 Å². The van der Waals surface area contributed by atoms with Gasteiger partial charge in [0.2, 0.25) is 0 Å². The second-order valence-electron chi connectivity index (χ2n) is 6.73. The minimum atomic E-state index is -0.745. The lowest BCUT2D eigenvalue weighted by Gasteiger charge is -2.03. The zero-order valence-corrected chi connectivity index (χ0v) is 17.2. The zero-order valence-electron chi connectivity index (χ0n) is 17.2. The topological polar surface area (TPSA) is 148 Å². The molecule has 0 aliphatic carbocycles. The van der Waals surface area contributed by atoms with Gasteiger partial charge in [0.15, 0.2) is 11.4 Å². The second kappa shape index (κ2) is 10.3. The molecule has 10 nitrogen and oxygen atoms in total. The lowest BCUT2D eigenvalue weighted by molar-refractivity contribution is 0.0987. The van der Waals surface area contributed by atoms with Crippen molar-refractivity contribution in [3.05, 3.63) is 94.6 Å². The minimum absolute atomic E-state index is 0.0539. The van der Waals surface area contributed by atoms with E-state index in [0.29, 0.717) is 0 Å². The molecule has 0 radical (unpaired) electrons. The van der Waals surface area contributed by atoms with Crippen molar-refractivity contribution in [2.45, 2.75) is 13.1 Å². The second-order valence-corrected chi connectivity index (χ2v) is 6.73. The Bertz CT molecular complexity index is 1200. The van der Waals surface area contributed by atoms with Crippen LogP contribution in [0.1, 0.15) is 32.1 Å². The number of nitrogens with two attached hydrogens (primary N) is 2. The molecule has 0 aliphatic rings. The van der Waals surface area contributed by atoms with Crippen LogP contribution in [-0.2, 0) is 13.1 Å². The van der Waals surface area contributed by atoms with Gasteiger partial charge in [-0.05, 0) is 24.3 Å². The fourth-order valence-corrected chi connectivity index (χ4v) is 2.67. The van der Waals surface area contributed by atoms with Gasteiger partial charge in [-0.15, -0.1) is 10.2 Å². The molecule has 0 saturated carbocycles. The largest absolute Gasteiger partial charge is 0.364 e. The Labute approximate surface area is 188 Å². The van der Waals surface area contributed by atoms with Crippen molar-refractivity contribution in [1.29, 1.82) is 0 Å². The summed E-state index contributed by atoms with van der Waals surface area (Å²) in [6, 6.07) is 7.11. The van der Waals surface area contributed by atoms with E-state index in [2.05, 4.69) is 20.6 Å². The molecule has 0 unspecified atom stereocenters. The highest BCUT2D eigenvalue weighted by atomic mass is 19.1. The molecular weight excluding hydrogens is 460 g/mol. The SMILES string of the molecule is NC(=O)c1cn(Cc2c(F)cccc2F)nn1.NC(=O)c1cn(Cc2c(F)cccc2F)nn1. The number of rotatable bonds is 6. The van der Waals surface area contributed by atoms with Crippen LogP contribution in [0, 0.1) is 23.3 Å². The first-order chi connectivity index (χ1) is 16.2. The molecule has 2 heterocycles. The Balaban J connectivity index is 0.000000191. The van der Waals surface area contributed by atoms with Crippen LogP contribution < -0.4 is 11.5 Å². The molecule has 0 bridgehead atoms. The van der Waals surface area contributed by atoms with Gasteiger partial charge in [0.05, 0.1) is 25.5 Å². The Hall–Kier alpha value is -4.62. The van der Waals surface area contributed by atoms with E-state index >= 15 is 0 Å².